The van der Waals surface area contributed by atoms with E-state index in [2.05, 4.69) is 10.7 Å². The topological polar surface area (TPSA) is 108 Å². The van der Waals surface area contributed by atoms with Crippen LogP contribution in [-0.2, 0) is 14.3 Å². The number of rotatable bonds is 8. The Kier molecular flexibility index (Phi) is 8.80. The molecule has 2 N–H and O–H groups in total. The summed E-state index contributed by atoms with van der Waals surface area (Å²) in [5.74, 6) is -2.04. The second-order valence-electron chi connectivity index (χ2n) is 8.32. The summed E-state index contributed by atoms with van der Waals surface area (Å²) in [6.45, 7) is 1.95. The molecular weight excluding hydrogens is 563 g/mol. The third-order valence-corrected chi connectivity index (χ3v) is 6.57. The fraction of sp³-hybridized carbons (Fsp3) is 0.148. The van der Waals surface area contributed by atoms with E-state index in [9.17, 15) is 19.2 Å². The van der Waals surface area contributed by atoms with Crippen molar-refractivity contribution in [2.75, 3.05) is 16.8 Å². The molecule has 1 aliphatic heterocycles. The van der Waals surface area contributed by atoms with Crippen molar-refractivity contribution in [3.8, 4) is 0 Å². The van der Waals surface area contributed by atoms with Crippen molar-refractivity contribution in [3.63, 3.8) is 0 Å². The molecule has 1 atom stereocenters. The minimum absolute atomic E-state index is 0.0128. The first-order valence-corrected chi connectivity index (χ1v) is 12.9. The van der Waals surface area contributed by atoms with E-state index in [4.69, 9.17) is 40.2 Å². The number of amides is 3. The van der Waals surface area contributed by atoms with Gasteiger partial charge < -0.3 is 10.1 Å². The van der Waals surface area contributed by atoms with Crippen molar-refractivity contribution in [2.24, 2.45) is 0 Å². The third-order valence-electron chi connectivity index (χ3n) is 5.69. The van der Waals surface area contributed by atoms with Gasteiger partial charge in [-0.25, -0.2) is 9.80 Å². The summed E-state index contributed by atoms with van der Waals surface area (Å²) in [5, 5.41) is 4.81. The first-order valence-electron chi connectivity index (χ1n) is 11.7. The SMILES string of the molecule is CCOC(=O)c1ccc(NC(=O)CC2C(=O)N(c3ccc(Cl)cc3)C(=S)N2NC(=O)c2ccc(Cl)cc2)cc1. The van der Waals surface area contributed by atoms with Gasteiger partial charge in [-0.15, -0.1) is 0 Å². The number of carbonyl (C=O) groups is 4. The molecule has 200 valence electrons. The van der Waals surface area contributed by atoms with E-state index in [0.717, 1.165) is 0 Å². The van der Waals surface area contributed by atoms with Gasteiger partial charge in [-0.1, -0.05) is 23.2 Å². The quantitative estimate of drug-likeness (QED) is 0.288. The minimum atomic E-state index is -1.14. The van der Waals surface area contributed by atoms with Gasteiger partial charge in [0.15, 0.2) is 0 Å². The average molecular weight is 585 g/mol. The van der Waals surface area contributed by atoms with Gasteiger partial charge in [0.2, 0.25) is 11.0 Å². The van der Waals surface area contributed by atoms with Gasteiger partial charge in [0.05, 0.1) is 24.3 Å². The Labute approximate surface area is 239 Å². The molecular formula is C27H22Cl2N4O5S. The lowest BCUT2D eigenvalue weighted by molar-refractivity contribution is -0.124. The lowest BCUT2D eigenvalue weighted by Crippen LogP contribution is -2.49. The van der Waals surface area contributed by atoms with Crippen LogP contribution in [0.1, 0.15) is 34.1 Å². The summed E-state index contributed by atoms with van der Waals surface area (Å²) in [6.07, 6.45) is -0.330. The summed E-state index contributed by atoms with van der Waals surface area (Å²) >= 11 is 17.5. The number of halogens is 2. The maximum atomic E-state index is 13.5. The molecule has 9 nitrogen and oxygen atoms in total. The maximum Gasteiger partial charge on any atom is 0.338 e. The minimum Gasteiger partial charge on any atom is -0.462 e. The molecule has 3 aromatic rings. The predicted molar refractivity (Wildman–Crippen MR) is 152 cm³/mol. The smallest absolute Gasteiger partial charge is 0.338 e. The van der Waals surface area contributed by atoms with E-state index in [1.807, 2.05) is 0 Å². The van der Waals surface area contributed by atoms with Crippen LogP contribution >= 0.6 is 35.4 Å². The first-order chi connectivity index (χ1) is 18.7. The molecule has 12 heteroatoms. The molecule has 1 aliphatic rings. The second-order valence-corrected chi connectivity index (χ2v) is 9.55. The van der Waals surface area contributed by atoms with Crippen molar-refractivity contribution < 1.29 is 23.9 Å². The maximum absolute atomic E-state index is 13.5. The van der Waals surface area contributed by atoms with Crippen molar-refractivity contribution in [1.82, 2.24) is 10.4 Å². The number of hydrazine groups is 1. The molecule has 0 aliphatic carbocycles. The van der Waals surface area contributed by atoms with Gasteiger partial charge in [0.1, 0.15) is 6.04 Å². The average Bonchev–Trinajstić information content (AvgIpc) is 3.14. The molecule has 3 amide bonds. The summed E-state index contributed by atoms with van der Waals surface area (Å²) in [7, 11) is 0. The van der Waals surface area contributed by atoms with E-state index in [0.29, 0.717) is 27.0 Å². The van der Waals surface area contributed by atoms with E-state index in [1.165, 1.54) is 34.2 Å². The predicted octanol–water partition coefficient (Wildman–Crippen LogP) is 4.85. The zero-order chi connectivity index (χ0) is 28.1. The van der Waals surface area contributed by atoms with Crippen LogP contribution in [0.4, 0.5) is 11.4 Å². The van der Waals surface area contributed by atoms with Gasteiger partial charge in [-0.3, -0.25) is 24.7 Å². The molecule has 1 unspecified atom stereocenters. The number of nitrogens with zero attached hydrogens (tertiary/aromatic N) is 2. The van der Waals surface area contributed by atoms with Crippen molar-refractivity contribution in [3.05, 3.63) is 94.0 Å². The fourth-order valence-corrected chi connectivity index (χ4v) is 4.41. The number of anilines is 2. The Morgan fingerprint density at radius 1 is 0.897 bits per heavy atom. The molecule has 0 bridgehead atoms. The van der Waals surface area contributed by atoms with Crippen LogP contribution in [0.5, 0.6) is 0 Å². The van der Waals surface area contributed by atoms with Crippen molar-refractivity contribution in [2.45, 2.75) is 19.4 Å². The number of thiocarbonyl (C=S) groups is 1. The molecule has 1 fully saturated rings. The Balaban J connectivity index is 1.54. The summed E-state index contributed by atoms with van der Waals surface area (Å²) in [5.41, 5.74) is 4.10. The second kappa shape index (κ2) is 12.2. The third kappa shape index (κ3) is 6.54. The number of carbonyl (C=O) groups excluding carboxylic acids is 4. The molecule has 0 saturated carbocycles. The number of hydrogen-bond acceptors (Lipinski definition) is 6. The lowest BCUT2D eigenvalue weighted by atomic mass is 10.1. The van der Waals surface area contributed by atoms with Crippen LogP contribution < -0.4 is 15.6 Å². The molecule has 3 aromatic carbocycles. The summed E-state index contributed by atoms with van der Waals surface area (Å²) < 4.78 is 4.96. The van der Waals surface area contributed by atoms with Crippen LogP contribution in [0, 0.1) is 0 Å². The van der Waals surface area contributed by atoms with E-state index < -0.39 is 29.7 Å². The normalized spacial score (nSPS) is 14.8. The van der Waals surface area contributed by atoms with Crippen LogP contribution in [0.25, 0.3) is 0 Å². The lowest BCUT2D eigenvalue weighted by Gasteiger charge is -2.24. The summed E-state index contributed by atoms with van der Waals surface area (Å²) in [4.78, 5) is 52.6. The van der Waals surface area contributed by atoms with Crippen molar-refractivity contribution >= 4 is 75.6 Å². The molecule has 1 saturated heterocycles. The number of ether oxygens (including phenoxy) is 1. The van der Waals surface area contributed by atoms with Crippen LogP contribution in [0.2, 0.25) is 10.0 Å². The van der Waals surface area contributed by atoms with Gasteiger partial charge in [0.25, 0.3) is 11.8 Å². The molecule has 39 heavy (non-hydrogen) atoms. The Hall–Kier alpha value is -3.99. The zero-order valence-corrected chi connectivity index (χ0v) is 22.8. The molecule has 0 spiro atoms. The first kappa shape index (κ1) is 28.0. The van der Waals surface area contributed by atoms with Crippen LogP contribution in [-0.4, -0.2) is 46.5 Å². The van der Waals surface area contributed by atoms with E-state index >= 15 is 0 Å². The van der Waals surface area contributed by atoms with E-state index in [-0.39, 0.29) is 23.7 Å². The number of benzene rings is 3. The standard InChI is InChI=1S/C27H22Cl2N4O5S/c1-2-38-26(37)17-5-11-20(12-6-17)30-23(34)15-22-25(36)32(21-13-9-19(29)10-14-21)27(39)33(22)31-24(35)16-3-7-18(28)8-4-16/h3-14,22H,2,15H2,1H3,(H,30,34)(H,31,35). The number of hydrogen-bond donors (Lipinski definition) is 2. The highest BCUT2D eigenvalue weighted by atomic mass is 35.5. The van der Waals surface area contributed by atoms with Crippen LogP contribution in [0.3, 0.4) is 0 Å². The van der Waals surface area contributed by atoms with Gasteiger partial charge in [-0.2, -0.15) is 0 Å². The van der Waals surface area contributed by atoms with Crippen LogP contribution in [0.15, 0.2) is 72.8 Å². The molecule has 0 aromatic heterocycles. The van der Waals surface area contributed by atoms with Gasteiger partial charge in [-0.05, 0) is 91.9 Å². The van der Waals surface area contributed by atoms with Crippen molar-refractivity contribution in [1.29, 1.82) is 0 Å². The zero-order valence-electron chi connectivity index (χ0n) is 20.5. The highest BCUT2D eigenvalue weighted by molar-refractivity contribution is 7.80. The fourth-order valence-electron chi connectivity index (χ4n) is 3.79. The monoisotopic (exact) mass is 584 g/mol. The Bertz CT molecular complexity index is 1420. The Morgan fingerprint density at radius 2 is 1.46 bits per heavy atom. The molecule has 0 radical (unpaired) electrons. The summed E-state index contributed by atoms with van der Waals surface area (Å²) in [6, 6.07) is 17.6. The Morgan fingerprint density at radius 3 is 2.05 bits per heavy atom. The molecule has 4 rings (SSSR count). The van der Waals surface area contributed by atoms with Gasteiger partial charge in [0, 0.05) is 21.3 Å². The number of nitrogens with one attached hydrogen (secondary N) is 2. The largest absolute Gasteiger partial charge is 0.462 e. The highest BCUT2D eigenvalue weighted by Gasteiger charge is 2.45. The highest BCUT2D eigenvalue weighted by Crippen LogP contribution is 2.28. The van der Waals surface area contributed by atoms with Gasteiger partial charge >= 0.3 is 5.97 Å². The molecule has 1 heterocycles. The number of esters is 1. The van der Waals surface area contributed by atoms with E-state index in [1.54, 1.807) is 55.5 Å².